The molecule has 0 N–H and O–H groups in total. The van der Waals surface area contributed by atoms with E-state index in [1.807, 2.05) is 24.3 Å². The van der Waals surface area contributed by atoms with Gasteiger partial charge in [0.15, 0.2) is 0 Å². The molecule has 0 radical (unpaired) electrons. The average molecular weight is 217 g/mol. The van der Waals surface area contributed by atoms with Crippen molar-refractivity contribution in [3.8, 4) is 0 Å². The number of esters is 1. The van der Waals surface area contributed by atoms with Crippen LogP contribution in [0.3, 0.4) is 0 Å². The van der Waals surface area contributed by atoms with Gasteiger partial charge in [-0.3, -0.25) is 0 Å². The molecule has 2 aliphatic rings. The maximum atomic E-state index is 11.8. The lowest BCUT2D eigenvalue weighted by Gasteiger charge is -2.36. The maximum absolute atomic E-state index is 11.8. The van der Waals surface area contributed by atoms with Crippen molar-refractivity contribution in [2.24, 2.45) is 0 Å². The van der Waals surface area contributed by atoms with Gasteiger partial charge in [-0.25, -0.2) is 4.79 Å². The standard InChI is InChI=1S/C13H15NO2/c1-14-8-6-13(7-9-14)11-5-3-2-4-10(11)12(15)16-13/h2-5H,6-9H2,1H3. The molecule has 2 heterocycles. The number of carbonyl (C=O) groups is 1. The number of hydrogen-bond donors (Lipinski definition) is 0. The van der Waals surface area contributed by atoms with Gasteiger partial charge in [0.05, 0.1) is 5.56 Å². The van der Waals surface area contributed by atoms with Crippen LogP contribution in [0, 0.1) is 0 Å². The van der Waals surface area contributed by atoms with Crippen molar-refractivity contribution in [2.75, 3.05) is 20.1 Å². The van der Waals surface area contributed by atoms with Gasteiger partial charge in [0.2, 0.25) is 0 Å². The van der Waals surface area contributed by atoms with E-state index in [1.165, 1.54) is 0 Å². The van der Waals surface area contributed by atoms with E-state index in [0.717, 1.165) is 37.1 Å². The fourth-order valence-corrected chi connectivity index (χ4v) is 2.70. The Morgan fingerprint density at radius 1 is 1.25 bits per heavy atom. The molecule has 1 aromatic rings. The van der Waals surface area contributed by atoms with E-state index in [2.05, 4.69) is 11.9 Å². The van der Waals surface area contributed by atoms with E-state index in [1.54, 1.807) is 0 Å². The second-order valence-corrected chi connectivity index (χ2v) is 4.73. The molecule has 1 aromatic carbocycles. The van der Waals surface area contributed by atoms with Crippen molar-refractivity contribution in [3.05, 3.63) is 35.4 Å². The third-order valence-electron chi connectivity index (χ3n) is 3.72. The van der Waals surface area contributed by atoms with E-state index in [9.17, 15) is 4.79 Å². The van der Waals surface area contributed by atoms with Crippen molar-refractivity contribution in [1.82, 2.24) is 4.90 Å². The van der Waals surface area contributed by atoms with Gasteiger partial charge in [0.25, 0.3) is 0 Å². The number of likely N-dealkylation sites (tertiary alicyclic amines) is 1. The zero-order valence-corrected chi connectivity index (χ0v) is 9.40. The van der Waals surface area contributed by atoms with Gasteiger partial charge in [-0.1, -0.05) is 18.2 Å². The first-order valence-corrected chi connectivity index (χ1v) is 5.73. The third-order valence-corrected chi connectivity index (χ3v) is 3.72. The van der Waals surface area contributed by atoms with Gasteiger partial charge in [-0.15, -0.1) is 0 Å². The van der Waals surface area contributed by atoms with Gasteiger partial charge in [0, 0.05) is 31.5 Å². The summed E-state index contributed by atoms with van der Waals surface area (Å²) in [7, 11) is 2.11. The largest absolute Gasteiger partial charge is 0.450 e. The van der Waals surface area contributed by atoms with Gasteiger partial charge in [0.1, 0.15) is 5.60 Å². The second-order valence-electron chi connectivity index (χ2n) is 4.73. The van der Waals surface area contributed by atoms with Crippen molar-refractivity contribution in [2.45, 2.75) is 18.4 Å². The fourth-order valence-electron chi connectivity index (χ4n) is 2.70. The SMILES string of the molecule is CN1CCC2(CC1)OC(=O)c1ccccc12. The van der Waals surface area contributed by atoms with Crippen LogP contribution >= 0.6 is 0 Å². The zero-order chi connectivity index (χ0) is 11.2. The van der Waals surface area contributed by atoms with Crippen LogP contribution in [0.25, 0.3) is 0 Å². The predicted octanol–water partition coefficient (Wildman–Crippen LogP) is 1.78. The zero-order valence-electron chi connectivity index (χ0n) is 9.40. The minimum Gasteiger partial charge on any atom is -0.450 e. The Balaban J connectivity index is 2.02. The Hall–Kier alpha value is -1.35. The van der Waals surface area contributed by atoms with E-state index in [0.29, 0.717) is 0 Å². The monoisotopic (exact) mass is 217 g/mol. The lowest BCUT2D eigenvalue weighted by Crippen LogP contribution is -2.40. The molecule has 16 heavy (non-hydrogen) atoms. The Labute approximate surface area is 95.0 Å². The summed E-state index contributed by atoms with van der Waals surface area (Å²) in [6.45, 7) is 1.98. The molecule has 0 atom stereocenters. The first kappa shape index (κ1) is 9.85. The molecule has 0 amide bonds. The average Bonchev–Trinajstić information content (AvgIpc) is 2.58. The summed E-state index contributed by atoms with van der Waals surface area (Å²) in [4.78, 5) is 14.1. The molecule has 3 rings (SSSR count). The lowest BCUT2D eigenvalue weighted by molar-refractivity contribution is -0.0394. The van der Waals surface area contributed by atoms with Crippen LogP contribution in [0.5, 0.6) is 0 Å². The van der Waals surface area contributed by atoms with Crippen molar-refractivity contribution in [1.29, 1.82) is 0 Å². The predicted molar refractivity (Wildman–Crippen MR) is 60.3 cm³/mol. The van der Waals surface area contributed by atoms with Crippen LogP contribution in [-0.4, -0.2) is 31.0 Å². The number of fused-ring (bicyclic) bond motifs is 2. The minimum atomic E-state index is -0.333. The topological polar surface area (TPSA) is 29.5 Å². The Kier molecular flexibility index (Phi) is 2.04. The first-order valence-electron chi connectivity index (χ1n) is 5.73. The van der Waals surface area contributed by atoms with Crippen LogP contribution in [-0.2, 0) is 10.3 Å². The van der Waals surface area contributed by atoms with Crippen molar-refractivity contribution >= 4 is 5.97 Å². The number of nitrogens with zero attached hydrogens (tertiary/aromatic N) is 1. The molecule has 3 nitrogen and oxygen atoms in total. The quantitative estimate of drug-likeness (QED) is 0.620. The molecule has 84 valence electrons. The lowest BCUT2D eigenvalue weighted by atomic mass is 9.84. The second kappa shape index (κ2) is 3.32. The highest BCUT2D eigenvalue weighted by molar-refractivity contribution is 5.94. The maximum Gasteiger partial charge on any atom is 0.339 e. The van der Waals surface area contributed by atoms with Crippen LogP contribution in [0.4, 0.5) is 0 Å². The first-order chi connectivity index (χ1) is 7.71. The smallest absolute Gasteiger partial charge is 0.339 e. The number of hydrogen-bond acceptors (Lipinski definition) is 3. The molecule has 0 unspecified atom stereocenters. The van der Waals surface area contributed by atoms with Crippen molar-refractivity contribution in [3.63, 3.8) is 0 Å². The Morgan fingerprint density at radius 3 is 2.69 bits per heavy atom. The molecule has 0 saturated carbocycles. The summed E-state index contributed by atoms with van der Waals surface area (Å²) in [5.74, 6) is -0.153. The van der Waals surface area contributed by atoms with Gasteiger partial charge >= 0.3 is 5.97 Å². The molecule has 1 saturated heterocycles. The molecule has 3 heteroatoms. The molecular weight excluding hydrogens is 202 g/mol. The van der Waals surface area contributed by atoms with E-state index in [-0.39, 0.29) is 11.6 Å². The highest BCUT2D eigenvalue weighted by atomic mass is 16.6. The summed E-state index contributed by atoms with van der Waals surface area (Å²) >= 11 is 0. The molecule has 1 spiro atoms. The summed E-state index contributed by atoms with van der Waals surface area (Å²) in [6, 6.07) is 7.78. The number of rotatable bonds is 0. The van der Waals surface area contributed by atoms with Crippen LogP contribution in [0.1, 0.15) is 28.8 Å². The minimum absolute atomic E-state index is 0.153. The van der Waals surface area contributed by atoms with Crippen LogP contribution in [0.2, 0.25) is 0 Å². The third kappa shape index (κ3) is 1.28. The summed E-state index contributed by atoms with van der Waals surface area (Å²) in [6.07, 6.45) is 1.82. The molecular formula is C13H15NO2. The normalized spacial score (nSPS) is 23.2. The highest BCUT2D eigenvalue weighted by Gasteiger charge is 2.46. The molecule has 1 fully saturated rings. The van der Waals surface area contributed by atoms with Gasteiger partial charge in [-0.05, 0) is 13.1 Å². The van der Waals surface area contributed by atoms with Gasteiger partial charge < -0.3 is 9.64 Å². The van der Waals surface area contributed by atoms with Crippen LogP contribution in [0.15, 0.2) is 24.3 Å². The molecule has 0 aromatic heterocycles. The van der Waals surface area contributed by atoms with E-state index in [4.69, 9.17) is 4.74 Å². The van der Waals surface area contributed by atoms with E-state index < -0.39 is 0 Å². The number of carbonyl (C=O) groups excluding carboxylic acids is 1. The summed E-state index contributed by atoms with van der Waals surface area (Å²) < 4.78 is 5.64. The highest BCUT2D eigenvalue weighted by Crippen LogP contribution is 2.43. The fraction of sp³-hybridized carbons (Fsp3) is 0.462. The van der Waals surface area contributed by atoms with Crippen LogP contribution < -0.4 is 0 Å². The number of piperidine rings is 1. The number of benzene rings is 1. The molecule has 2 aliphatic heterocycles. The number of ether oxygens (including phenoxy) is 1. The van der Waals surface area contributed by atoms with Gasteiger partial charge in [-0.2, -0.15) is 0 Å². The Bertz CT molecular complexity index is 433. The molecule has 0 aliphatic carbocycles. The summed E-state index contributed by atoms with van der Waals surface area (Å²) in [5, 5.41) is 0. The van der Waals surface area contributed by atoms with E-state index >= 15 is 0 Å². The summed E-state index contributed by atoms with van der Waals surface area (Å²) in [5.41, 5.74) is 1.51. The molecule has 0 bridgehead atoms. The van der Waals surface area contributed by atoms with Crippen molar-refractivity contribution < 1.29 is 9.53 Å². The Morgan fingerprint density at radius 2 is 1.94 bits per heavy atom.